The molecule has 1 atom stereocenters. The molecule has 0 saturated carbocycles. The van der Waals surface area contributed by atoms with Gasteiger partial charge in [-0.25, -0.2) is 0 Å². The Kier molecular flexibility index (Phi) is 3.55. The summed E-state index contributed by atoms with van der Waals surface area (Å²) in [6.07, 6.45) is 0. The highest BCUT2D eigenvalue weighted by Gasteiger charge is 2.13. The van der Waals surface area contributed by atoms with Crippen molar-refractivity contribution in [1.82, 2.24) is 4.98 Å². The SMILES string of the molecule is CC(Nc1nc2ccccc2o1)c1ccc(Cl)cc1Cl. The zero-order chi connectivity index (χ0) is 14.1. The van der Waals surface area contributed by atoms with Gasteiger partial charge < -0.3 is 9.73 Å². The Morgan fingerprint density at radius 2 is 1.95 bits per heavy atom. The maximum Gasteiger partial charge on any atom is 0.296 e. The van der Waals surface area contributed by atoms with E-state index in [2.05, 4.69) is 10.3 Å². The van der Waals surface area contributed by atoms with E-state index >= 15 is 0 Å². The molecule has 20 heavy (non-hydrogen) atoms. The van der Waals surface area contributed by atoms with Crippen molar-refractivity contribution in [3.8, 4) is 0 Å². The number of aromatic nitrogens is 1. The Morgan fingerprint density at radius 1 is 1.15 bits per heavy atom. The fourth-order valence-electron chi connectivity index (χ4n) is 2.05. The third-order valence-electron chi connectivity index (χ3n) is 3.06. The second-order valence-electron chi connectivity index (χ2n) is 4.52. The standard InChI is InChI=1S/C15H12Cl2N2O/c1-9(11-7-6-10(16)8-12(11)17)18-15-19-13-4-2-3-5-14(13)20-15/h2-9H,1H3,(H,18,19). The summed E-state index contributed by atoms with van der Waals surface area (Å²) in [5.41, 5.74) is 2.52. The Morgan fingerprint density at radius 3 is 2.70 bits per heavy atom. The minimum Gasteiger partial charge on any atom is -0.424 e. The van der Waals surface area contributed by atoms with Crippen LogP contribution in [0.15, 0.2) is 46.9 Å². The maximum atomic E-state index is 6.19. The molecule has 0 bridgehead atoms. The summed E-state index contributed by atoms with van der Waals surface area (Å²) in [6.45, 7) is 1.99. The summed E-state index contributed by atoms with van der Waals surface area (Å²) in [5, 5.41) is 4.44. The van der Waals surface area contributed by atoms with Gasteiger partial charge in [0, 0.05) is 10.0 Å². The highest BCUT2D eigenvalue weighted by atomic mass is 35.5. The number of para-hydroxylation sites is 2. The van der Waals surface area contributed by atoms with Gasteiger partial charge in [0.25, 0.3) is 6.01 Å². The lowest BCUT2D eigenvalue weighted by molar-refractivity contribution is 0.604. The largest absolute Gasteiger partial charge is 0.424 e. The molecular weight excluding hydrogens is 295 g/mol. The molecule has 0 radical (unpaired) electrons. The van der Waals surface area contributed by atoms with Crippen LogP contribution < -0.4 is 5.32 Å². The van der Waals surface area contributed by atoms with Gasteiger partial charge in [-0.15, -0.1) is 0 Å². The molecule has 0 aliphatic carbocycles. The van der Waals surface area contributed by atoms with Crippen molar-refractivity contribution in [3.05, 3.63) is 58.1 Å². The van der Waals surface area contributed by atoms with Crippen LogP contribution in [0.25, 0.3) is 11.1 Å². The monoisotopic (exact) mass is 306 g/mol. The second kappa shape index (κ2) is 5.35. The fraction of sp³-hybridized carbons (Fsp3) is 0.133. The Labute approximate surface area is 126 Å². The number of nitrogens with one attached hydrogen (secondary N) is 1. The van der Waals surface area contributed by atoms with Crippen molar-refractivity contribution < 1.29 is 4.42 Å². The van der Waals surface area contributed by atoms with Crippen molar-refractivity contribution in [1.29, 1.82) is 0 Å². The number of benzene rings is 2. The van der Waals surface area contributed by atoms with Gasteiger partial charge in [-0.1, -0.05) is 41.4 Å². The van der Waals surface area contributed by atoms with Crippen molar-refractivity contribution in [2.45, 2.75) is 13.0 Å². The number of hydrogen-bond donors (Lipinski definition) is 1. The number of fused-ring (bicyclic) bond motifs is 1. The molecule has 102 valence electrons. The molecule has 2 aromatic carbocycles. The molecule has 1 unspecified atom stereocenters. The molecule has 3 aromatic rings. The lowest BCUT2D eigenvalue weighted by Crippen LogP contribution is -2.07. The molecule has 0 saturated heterocycles. The van der Waals surface area contributed by atoms with E-state index in [1.54, 1.807) is 6.07 Å². The van der Waals surface area contributed by atoms with Crippen molar-refractivity contribution >= 4 is 40.3 Å². The van der Waals surface area contributed by atoms with Crippen LogP contribution in [0.5, 0.6) is 0 Å². The highest BCUT2D eigenvalue weighted by Crippen LogP contribution is 2.29. The molecule has 0 spiro atoms. The summed E-state index contributed by atoms with van der Waals surface area (Å²) in [6, 6.07) is 13.5. The quantitative estimate of drug-likeness (QED) is 0.712. The van der Waals surface area contributed by atoms with Crippen LogP contribution in [0, 0.1) is 0 Å². The van der Waals surface area contributed by atoms with E-state index in [4.69, 9.17) is 27.6 Å². The topological polar surface area (TPSA) is 38.1 Å². The van der Waals surface area contributed by atoms with E-state index in [0.717, 1.165) is 16.7 Å². The first kappa shape index (κ1) is 13.3. The third kappa shape index (κ3) is 2.60. The number of anilines is 1. The van der Waals surface area contributed by atoms with Gasteiger partial charge in [0.05, 0.1) is 6.04 Å². The van der Waals surface area contributed by atoms with E-state index in [-0.39, 0.29) is 6.04 Å². The van der Waals surface area contributed by atoms with Crippen LogP contribution in [-0.4, -0.2) is 4.98 Å². The zero-order valence-electron chi connectivity index (χ0n) is 10.7. The minimum atomic E-state index is -0.0344. The molecule has 1 aromatic heterocycles. The average molecular weight is 307 g/mol. The second-order valence-corrected chi connectivity index (χ2v) is 5.36. The summed E-state index contributed by atoms with van der Waals surface area (Å²) < 4.78 is 5.63. The highest BCUT2D eigenvalue weighted by molar-refractivity contribution is 6.35. The van der Waals surface area contributed by atoms with Gasteiger partial charge in [0.1, 0.15) is 5.52 Å². The molecule has 1 N–H and O–H groups in total. The van der Waals surface area contributed by atoms with E-state index < -0.39 is 0 Å². The van der Waals surface area contributed by atoms with E-state index in [1.165, 1.54) is 0 Å². The predicted molar refractivity (Wildman–Crippen MR) is 82.5 cm³/mol. The lowest BCUT2D eigenvalue weighted by Gasteiger charge is -2.14. The van der Waals surface area contributed by atoms with Crippen LogP contribution in [0.2, 0.25) is 10.0 Å². The summed E-state index contributed by atoms with van der Waals surface area (Å²) >= 11 is 12.1. The summed E-state index contributed by atoms with van der Waals surface area (Å²) in [5.74, 6) is 0. The normalized spacial score (nSPS) is 12.6. The number of nitrogens with zero attached hydrogens (tertiary/aromatic N) is 1. The fourth-order valence-corrected chi connectivity index (χ4v) is 2.62. The average Bonchev–Trinajstić information content (AvgIpc) is 2.80. The predicted octanol–water partition coefficient (Wildman–Crippen LogP) is 5.31. The van der Waals surface area contributed by atoms with Gasteiger partial charge in [0.15, 0.2) is 5.58 Å². The number of halogens is 2. The van der Waals surface area contributed by atoms with Crippen LogP contribution >= 0.6 is 23.2 Å². The van der Waals surface area contributed by atoms with Crippen LogP contribution in [0.4, 0.5) is 6.01 Å². The van der Waals surface area contributed by atoms with Crippen molar-refractivity contribution in [2.75, 3.05) is 5.32 Å². The number of hydrogen-bond acceptors (Lipinski definition) is 3. The molecule has 3 nitrogen and oxygen atoms in total. The molecule has 0 aliphatic rings. The Balaban J connectivity index is 1.86. The van der Waals surface area contributed by atoms with Crippen LogP contribution in [-0.2, 0) is 0 Å². The van der Waals surface area contributed by atoms with Gasteiger partial charge in [-0.05, 0) is 36.8 Å². The van der Waals surface area contributed by atoms with Gasteiger partial charge >= 0.3 is 0 Å². The van der Waals surface area contributed by atoms with Gasteiger partial charge in [0.2, 0.25) is 0 Å². The Bertz CT molecular complexity index is 721. The van der Waals surface area contributed by atoms with Crippen LogP contribution in [0.3, 0.4) is 0 Å². The van der Waals surface area contributed by atoms with Crippen molar-refractivity contribution in [2.24, 2.45) is 0 Å². The van der Waals surface area contributed by atoms with Gasteiger partial charge in [-0.3, -0.25) is 0 Å². The zero-order valence-corrected chi connectivity index (χ0v) is 12.2. The van der Waals surface area contributed by atoms with E-state index in [1.807, 2.05) is 43.3 Å². The summed E-state index contributed by atoms with van der Waals surface area (Å²) in [7, 11) is 0. The smallest absolute Gasteiger partial charge is 0.296 e. The maximum absolute atomic E-state index is 6.19. The molecule has 5 heteroatoms. The van der Waals surface area contributed by atoms with Crippen LogP contribution in [0.1, 0.15) is 18.5 Å². The lowest BCUT2D eigenvalue weighted by atomic mass is 10.1. The molecule has 0 fully saturated rings. The first-order valence-electron chi connectivity index (χ1n) is 6.20. The Hall–Kier alpha value is -1.71. The molecule has 0 amide bonds. The minimum absolute atomic E-state index is 0.0344. The van der Waals surface area contributed by atoms with Gasteiger partial charge in [-0.2, -0.15) is 4.98 Å². The van der Waals surface area contributed by atoms with Crippen molar-refractivity contribution in [3.63, 3.8) is 0 Å². The third-order valence-corrected chi connectivity index (χ3v) is 3.63. The first-order chi connectivity index (χ1) is 9.63. The summed E-state index contributed by atoms with van der Waals surface area (Å²) in [4.78, 5) is 4.38. The molecule has 1 heterocycles. The number of oxazole rings is 1. The molecular formula is C15H12Cl2N2O. The molecule has 0 aliphatic heterocycles. The molecule has 3 rings (SSSR count). The number of rotatable bonds is 3. The first-order valence-corrected chi connectivity index (χ1v) is 6.96. The van der Waals surface area contributed by atoms with E-state index in [9.17, 15) is 0 Å². The van der Waals surface area contributed by atoms with E-state index in [0.29, 0.717) is 16.1 Å².